The maximum atomic E-state index is 3.50. The monoisotopic (exact) mass is 211 g/mol. The third kappa shape index (κ3) is 1.61. The summed E-state index contributed by atoms with van der Waals surface area (Å²) in [6.45, 7) is 2.58. The van der Waals surface area contributed by atoms with Crippen molar-refractivity contribution in [1.82, 2.24) is 5.32 Å². The summed E-state index contributed by atoms with van der Waals surface area (Å²) in [7, 11) is 0. The van der Waals surface area contributed by atoms with Gasteiger partial charge in [0.05, 0.1) is 0 Å². The molecule has 0 amide bonds. The zero-order valence-corrected chi connectivity index (χ0v) is 9.74. The first-order valence-electron chi connectivity index (χ1n) is 6.19. The van der Waals surface area contributed by atoms with E-state index in [0.29, 0.717) is 0 Å². The van der Waals surface area contributed by atoms with Crippen LogP contribution in [0.4, 0.5) is 0 Å². The van der Waals surface area contributed by atoms with E-state index in [2.05, 4.69) is 17.1 Å². The molecule has 1 aliphatic carbocycles. The van der Waals surface area contributed by atoms with Crippen LogP contribution in [0.5, 0.6) is 0 Å². The second kappa shape index (κ2) is 3.71. The van der Waals surface area contributed by atoms with E-state index in [0.717, 1.165) is 17.3 Å². The third-order valence-electron chi connectivity index (χ3n) is 4.69. The Kier molecular flexibility index (Phi) is 2.53. The molecule has 80 valence electrons. The summed E-state index contributed by atoms with van der Waals surface area (Å²) < 4.78 is 0. The first kappa shape index (κ1) is 9.53. The summed E-state index contributed by atoms with van der Waals surface area (Å²) in [4.78, 5) is 0. The average Bonchev–Trinajstić information content (AvgIpc) is 2.95. The molecule has 14 heavy (non-hydrogen) atoms. The first-order valence-corrected chi connectivity index (χ1v) is 7.35. The van der Waals surface area contributed by atoms with Crippen LogP contribution in [0.25, 0.3) is 0 Å². The lowest BCUT2D eigenvalue weighted by atomic mass is 9.85. The summed E-state index contributed by atoms with van der Waals surface area (Å²) in [6.07, 6.45) is 7.56. The van der Waals surface area contributed by atoms with Crippen LogP contribution in [-0.4, -0.2) is 24.6 Å². The second-order valence-corrected chi connectivity index (χ2v) is 6.60. The van der Waals surface area contributed by atoms with Gasteiger partial charge < -0.3 is 5.32 Å². The number of hydrogen-bond donors (Lipinski definition) is 1. The van der Waals surface area contributed by atoms with Crippen molar-refractivity contribution in [2.24, 2.45) is 17.3 Å². The lowest BCUT2D eigenvalue weighted by molar-refractivity contribution is 0.273. The summed E-state index contributed by atoms with van der Waals surface area (Å²) in [5.41, 5.74) is 0.831. The molecule has 1 atom stereocenters. The van der Waals surface area contributed by atoms with E-state index in [1.165, 1.54) is 50.3 Å². The fourth-order valence-corrected chi connectivity index (χ4v) is 4.81. The molecule has 2 aliphatic heterocycles. The van der Waals surface area contributed by atoms with Gasteiger partial charge in [0.1, 0.15) is 0 Å². The van der Waals surface area contributed by atoms with Gasteiger partial charge in [-0.25, -0.2) is 0 Å². The van der Waals surface area contributed by atoms with Crippen molar-refractivity contribution in [2.45, 2.75) is 32.1 Å². The van der Waals surface area contributed by atoms with Crippen LogP contribution in [0.1, 0.15) is 32.1 Å². The molecule has 1 unspecified atom stereocenters. The van der Waals surface area contributed by atoms with Gasteiger partial charge in [0.25, 0.3) is 0 Å². The zero-order valence-electron chi connectivity index (χ0n) is 8.93. The van der Waals surface area contributed by atoms with Crippen LogP contribution in [0.2, 0.25) is 0 Å². The second-order valence-electron chi connectivity index (χ2n) is 5.37. The molecule has 0 aromatic rings. The standard InChI is InChI=1S/C12H21NS/c1-7-14-8-2-10(1)11-9-12(11)3-5-13-6-4-12/h10-11,13H,1-9H2. The highest BCUT2D eigenvalue weighted by atomic mass is 32.2. The molecule has 1 N–H and O–H groups in total. The van der Waals surface area contributed by atoms with Crippen molar-refractivity contribution < 1.29 is 0 Å². The van der Waals surface area contributed by atoms with Crippen molar-refractivity contribution in [2.75, 3.05) is 24.6 Å². The Morgan fingerprint density at radius 3 is 2.50 bits per heavy atom. The smallest absolute Gasteiger partial charge is 0.00435 e. The summed E-state index contributed by atoms with van der Waals surface area (Å²) >= 11 is 2.17. The highest BCUT2D eigenvalue weighted by Gasteiger charge is 2.56. The van der Waals surface area contributed by atoms with E-state index in [1.807, 2.05) is 0 Å². The van der Waals surface area contributed by atoms with Crippen molar-refractivity contribution in [3.8, 4) is 0 Å². The SMILES string of the molecule is C1CC2(CCN1)CC2C1CCSCC1. The van der Waals surface area contributed by atoms with Gasteiger partial charge in [-0.2, -0.15) is 11.8 Å². The van der Waals surface area contributed by atoms with Gasteiger partial charge in [0, 0.05) is 0 Å². The Morgan fingerprint density at radius 1 is 1.07 bits per heavy atom. The van der Waals surface area contributed by atoms with Crippen LogP contribution >= 0.6 is 11.8 Å². The average molecular weight is 211 g/mol. The number of hydrogen-bond acceptors (Lipinski definition) is 2. The number of thioether (sulfide) groups is 1. The van der Waals surface area contributed by atoms with E-state index >= 15 is 0 Å². The third-order valence-corrected chi connectivity index (χ3v) is 5.74. The fourth-order valence-electron chi connectivity index (χ4n) is 3.66. The molecular formula is C12H21NS. The predicted octanol–water partition coefficient (Wildman–Crippen LogP) is 2.52. The zero-order chi connectivity index (χ0) is 9.43. The first-order chi connectivity index (χ1) is 6.91. The van der Waals surface area contributed by atoms with Gasteiger partial charge in [-0.15, -0.1) is 0 Å². The van der Waals surface area contributed by atoms with E-state index in [4.69, 9.17) is 0 Å². The minimum Gasteiger partial charge on any atom is -0.317 e. The van der Waals surface area contributed by atoms with Crippen LogP contribution in [0, 0.1) is 17.3 Å². The summed E-state index contributed by atoms with van der Waals surface area (Å²) in [5.74, 6) is 5.12. The summed E-state index contributed by atoms with van der Waals surface area (Å²) in [6, 6.07) is 0. The topological polar surface area (TPSA) is 12.0 Å². The fraction of sp³-hybridized carbons (Fsp3) is 1.00. The maximum absolute atomic E-state index is 3.50. The van der Waals surface area contributed by atoms with Crippen molar-refractivity contribution in [3.05, 3.63) is 0 Å². The van der Waals surface area contributed by atoms with E-state index in [-0.39, 0.29) is 0 Å². The maximum Gasteiger partial charge on any atom is -0.00435 e. The normalized spacial score (nSPS) is 37.3. The van der Waals surface area contributed by atoms with Gasteiger partial charge in [-0.3, -0.25) is 0 Å². The molecule has 2 saturated heterocycles. The molecule has 0 bridgehead atoms. The van der Waals surface area contributed by atoms with E-state index < -0.39 is 0 Å². The van der Waals surface area contributed by atoms with Crippen LogP contribution in [-0.2, 0) is 0 Å². The van der Waals surface area contributed by atoms with Crippen LogP contribution in [0.3, 0.4) is 0 Å². The molecule has 0 aromatic heterocycles. The van der Waals surface area contributed by atoms with E-state index in [1.54, 1.807) is 6.42 Å². The lowest BCUT2D eigenvalue weighted by Gasteiger charge is -2.28. The Bertz CT molecular complexity index is 204. The predicted molar refractivity (Wildman–Crippen MR) is 62.7 cm³/mol. The van der Waals surface area contributed by atoms with Crippen molar-refractivity contribution in [1.29, 1.82) is 0 Å². The number of nitrogens with one attached hydrogen (secondary N) is 1. The Morgan fingerprint density at radius 2 is 1.79 bits per heavy atom. The Labute approximate surface area is 91.4 Å². The molecule has 1 saturated carbocycles. The Hall–Kier alpha value is 0.310. The van der Waals surface area contributed by atoms with E-state index in [9.17, 15) is 0 Å². The molecular weight excluding hydrogens is 190 g/mol. The number of rotatable bonds is 1. The summed E-state index contributed by atoms with van der Waals surface area (Å²) in [5, 5.41) is 3.50. The van der Waals surface area contributed by atoms with Crippen LogP contribution < -0.4 is 5.32 Å². The molecule has 3 fully saturated rings. The van der Waals surface area contributed by atoms with Gasteiger partial charge in [0.2, 0.25) is 0 Å². The lowest BCUT2D eigenvalue weighted by Crippen LogP contribution is -2.31. The molecule has 1 nitrogen and oxygen atoms in total. The number of piperidine rings is 1. The molecule has 0 radical (unpaired) electrons. The minimum absolute atomic E-state index is 0.831. The largest absolute Gasteiger partial charge is 0.317 e. The van der Waals surface area contributed by atoms with Gasteiger partial charge in [-0.05, 0) is 74.0 Å². The van der Waals surface area contributed by atoms with Crippen molar-refractivity contribution in [3.63, 3.8) is 0 Å². The minimum atomic E-state index is 0.831. The van der Waals surface area contributed by atoms with Crippen LogP contribution in [0.15, 0.2) is 0 Å². The van der Waals surface area contributed by atoms with Gasteiger partial charge >= 0.3 is 0 Å². The highest BCUT2D eigenvalue weighted by molar-refractivity contribution is 7.99. The van der Waals surface area contributed by atoms with Gasteiger partial charge in [0.15, 0.2) is 0 Å². The molecule has 0 aromatic carbocycles. The van der Waals surface area contributed by atoms with Gasteiger partial charge in [-0.1, -0.05) is 0 Å². The molecule has 3 aliphatic rings. The Balaban J connectivity index is 1.59. The molecule has 1 spiro atoms. The molecule has 2 heterocycles. The molecule has 2 heteroatoms. The highest BCUT2D eigenvalue weighted by Crippen LogP contribution is 2.63. The quantitative estimate of drug-likeness (QED) is 0.715. The molecule has 3 rings (SSSR count). The van der Waals surface area contributed by atoms with Crippen molar-refractivity contribution >= 4 is 11.8 Å².